The van der Waals surface area contributed by atoms with Crippen molar-refractivity contribution in [2.24, 2.45) is 0 Å². The molecule has 1 aromatic carbocycles. The summed E-state index contributed by atoms with van der Waals surface area (Å²) in [6.45, 7) is 0.321. The van der Waals surface area contributed by atoms with E-state index in [0.717, 1.165) is 0 Å². The lowest BCUT2D eigenvalue weighted by Crippen LogP contribution is -2.35. The quantitative estimate of drug-likeness (QED) is 0.709. The summed E-state index contributed by atoms with van der Waals surface area (Å²) in [5, 5.41) is 18.6. The summed E-state index contributed by atoms with van der Waals surface area (Å²) < 4.78 is 15.9. The van der Waals surface area contributed by atoms with Gasteiger partial charge in [-0.25, -0.2) is 0 Å². The summed E-state index contributed by atoms with van der Waals surface area (Å²) in [4.78, 5) is 11.7. The molecule has 8 nitrogen and oxygen atoms in total. The first-order valence-corrected chi connectivity index (χ1v) is 6.70. The van der Waals surface area contributed by atoms with Gasteiger partial charge in [0.1, 0.15) is 18.5 Å². The molecule has 0 bridgehead atoms. The van der Waals surface area contributed by atoms with Gasteiger partial charge in [0.25, 0.3) is 5.91 Å². The lowest BCUT2D eigenvalue weighted by Gasteiger charge is -2.13. The topological polar surface area (TPSA) is 106 Å². The monoisotopic (exact) mass is 305 g/mol. The van der Waals surface area contributed by atoms with Crippen LogP contribution < -0.4 is 19.5 Å². The third kappa shape index (κ3) is 3.29. The van der Waals surface area contributed by atoms with Gasteiger partial charge in [0.05, 0.1) is 11.8 Å². The third-order valence-corrected chi connectivity index (χ3v) is 3.05. The first-order chi connectivity index (χ1) is 10.7. The molecule has 0 radical (unpaired) electrons. The molecule has 2 aromatic rings. The van der Waals surface area contributed by atoms with E-state index in [4.69, 9.17) is 14.2 Å². The molecule has 0 spiro atoms. The van der Waals surface area contributed by atoms with E-state index in [1.807, 2.05) is 0 Å². The highest BCUT2D eigenvalue weighted by Crippen LogP contribution is 2.35. The number of aliphatic hydroxyl groups is 1. The Balaban J connectivity index is 1.44. The number of amides is 1. The fourth-order valence-corrected chi connectivity index (χ4v) is 1.91. The summed E-state index contributed by atoms with van der Waals surface area (Å²) in [7, 11) is 0. The van der Waals surface area contributed by atoms with Gasteiger partial charge in [0.2, 0.25) is 6.79 Å². The highest BCUT2D eigenvalue weighted by atomic mass is 16.7. The third-order valence-electron chi connectivity index (χ3n) is 3.05. The molecule has 116 valence electrons. The van der Waals surface area contributed by atoms with Crippen LogP contribution in [0.3, 0.4) is 0 Å². The fourth-order valence-electron chi connectivity index (χ4n) is 1.91. The Labute approximate surface area is 126 Å². The number of ether oxygens (including phenoxy) is 3. The standard InChI is InChI=1S/C14H15N3O5/c18-10(6-15-14(19)9-4-16-17-5-9)7-20-11-1-2-12-13(3-11)22-8-21-12/h1-5,10,18H,6-8H2,(H,15,19)(H,16,17). The molecule has 3 rings (SSSR count). The summed E-state index contributed by atoms with van der Waals surface area (Å²) in [5.74, 6) is 1.53. The van der Waals surface area contributed by atoms with Crippen molar-refractivity contribution >= 4 is 5.91 Å². The zero-order chi connectivity index (χ0) is 15.4. The second kappa shape index (κ2) is 6.35. The van der Waals surface area contributed by atoms with E-state index < -0.39 is 6.10 Å². The van der Waals surface area contributed by atoms with Crippen LogP contribution in [-0.4, -0.2) is 47.3 Å². The molecular weight excluding hydrogens is 290 g/mol. The minimum atomic E-state index is -0.832. The summed E-state index contributed by atoms with van der Waals surface area (Å²) in [5.41, 5.74) is 0.406. The average molecular weight is 305 g/mol. The Kier molecular flexibility index (Phi) is 4.10. The molecule has 1 aliphatic heterocycles. The second-order valence-corrected chi connectivity index (χ2v) is 4.68. The van der Waals surface area contributed by atoms with Crippen molar-refractivity contribution in [1.82, 2.24) is 15.5 Å². The Morgan fingerprint density at radius 3 is 3.14 bits per heavy atom. The van der Waals surface area contributed by atoms with Crippen molar-refractivity contribution < 1.29 is 24.1 Å². The summed E-state index contributed by atoms with van der Waals surface area (Å²) in [6.07, 6.45) is 2.05. The first-order valence-electron chi connectivity index (χ1n) is 6.70. The number of carbonyl (C=O) groups is 1. The van der Waals surface area contributed by atoms with Crippen LogP contribution in [0.25, 0.3) is 0 Å². The Morgan fingerprint density at radius 2 is 2.32 bits per heavy atom. The van der Waals surface area contributed by atoms with Gasteiger partial charge in [-0.3, -0.25) is 9.89 Å². The molecular formula is C14H15N3O5. The van der Waals surface area contributed by atoms with Crippen LogP contribution in [0.15, 0.2) is 30.6 Å². The SMILES string of the molecule is O=C(NCC(O)COc1ccc2c(c1)OCO2)c1cn[nH]c1. The van der Waals surface area contributed by atoms with Crippen LogP contribution in [-0.2, 0) is 0 Å². The Hall–Kier alpha value is -2.74. The van der Waals surface area contributed by atoms with Crippen LogP contribution in [0.5, 0.6) is 17.2 Å². The van der Waals surface area contributed by atoms with E-state index in [2.05, 4.69) is 15.5 Å². The zero-order valence-electron chi connectivity index (χ0n) is 11.6. The van der Waals surface area contributed by atoms with Gasteiger partial charge in [-0.05, 0) is 12.1 Å². The Morgan fingerprint density at radius 1 is 1.45 bits per heavy atom. The maximum atomic E-state index is 11.7. The number of carbonyl (C=O) groups excluding carboxylic acids is 1. The van der Waals surface area contributed by atoms with Gasteiger partial charge in [0.15, 0.2) is 11.5 Å². The molecule has 22 heavy (non-hydrogen) atoms. The largest absolute Gasteiger partial charge is 0.491 e. The smallest absolute Gasteiger partial charge is 0.254 e. The van der Waals surface area contributed by atoms with Gasteiger partial charge in [-0.2, -0.15) is 5.10 Å². The normalized spacial score (nSPS) is 13.7. The maximum absolute atomic E-state index is 11.7. The van der Waals surface area contributed by atoms with Crippen molar-refractivity contribution in [3.63, 3.8) is 0 Å². The maximum Gasteiger partial charge on any atom is 0.254 e. The highest BCUT2D eigenvalue weighted by Gasteiger charge is 2.15. The molecule has 1 aromatic heterocycles. The molecule has 8 heteroatoms. The summed E-state index contributed by atoms with van der Waals surface area (Å²) >= 11 is 0. The molecule has 0 saturated carbocycles. The average Bonchev–Trinajstić information content (AvgIpc) is 3.20. The first kappa shape index (κ1) is 14.2. The van der Waals surface area contributed by atoms with Crippen molar-refractivity contribution in [3.05, 3.63) is 36.2 Å². The number of H-pyrrole nitrogens is 1. The number of fused-ring (bicyclic) bond motifs is 1. The van der Waals surface area contributed by atoms with Crippen molar-refractivity contribution in [3.8, 4) is 17.2 Å². The fraction of sp³-hybridized carbons (Fsp3) is 0.286. The highest BCUT2D eigenvalue weighted by molar-refractivity contribution is 5.93. The van der Waals surface area contributed by atoms with E-state index in [9.17, 15) is 9.90 Å². The van der Waals surface area contributed by atoms with Gasteiger partial charge in [-0.1, -0.05) is 0 Å². The van der Waals surface area contributed by atoms with E-state index in [1.165, 1.54) is 12.4 Å². The zero-order valence-corrected chi connectivity index (χ0v) is 11.6. The number of nitrogens with zero attached hydrogens (tertiary/aromatic N) is 1. The molecule has 3 N–H and O–H groups in total. The minimum Gasteiger partial charge on any atom is -0.491 e. The number of aromatic nitrogens is 2. The number of benzene rings is 1. The number of aromatic amines is 1. The molecule has 0 saturated heterocycles. The van der Waals surface area contributed by atoms with Gasteiger partial charge in [-0.15, -0.1) is 0 Å². The predicted molar refractivity (Wildman–Crippen MR) is 75.0 cm³/mol. The predicted octanol–water partition coefficient (Wildman–Crippen LogP) is 0.308. The number of hydrogen-bond donors (Lipinski definition) is 3. The molecule has 1 unspecified atom stereocenters. The number of nitrogens with one attached hydrogen (secondary N) is 2. The van der Waals surface area contributed by atoms with Crippen LogP contribution in [0, 0.1) is 0 Å². The van der Waals surface area contributed by atoms with Crippen molar-refractivity contribution in [1.29, 1.82) is 0 Å². The lowest BCUT2D eigenvalue weighted by molar-refractivity contribution is 0.0843. The van der Waals surface area contributed by atoms with E-state index in [1.54, 1.807) is 18.2 Å². The van der Waals surface area contributed by atoms with Crippen LogP contribution in [0.1, 0.15) is 10.4 Å². The van der Waals surface area contributed by atoms with E-state index in [0.29, 0.717) is 22.8 Å². The van der Waals surface area contributed by atoms with Crippen molar-refractivity contribution in [2.75, 3.05) is 19.9 Å². The number of rotatable bonds is 6. The number of hydrogen-bond acceptors (Lipinski definition) is 6. The minimum absolute atomic E-state index is 0.0469. The van der Waals surface area contributed by atoms with Crippen molar-refractivity contribution in [2.45, 2.75) is 6.10 Å². The van der Waals surface area contributed by atoms with Gasteiger partial charge < -0.3 is 24.6 Å². The van der Waals surface area contributed by atoms with E-state index in [-0.39, 0.29) is 25.9 Å². The molecule has 0 fully saturated rings. The van der Waals surface area contributed by atoms with Crippen LogP contribution >= 0.6 is 0 Å². The van der Waals surface area contributed by atoms with Gasteiger partial charge in [0, 0.05) is 18.8 Å². The Bertz CT molecular complexity index is 644. The van der Waals surface area contributed by atoms with E-state index >= 15 is 0 Å². The molecule has 1 aliphatic rings. The molecule has 0 aliphatic carbocycles. The summed E-state index contributed by atoms with van der Waals surface area (Å²) in [6, 6.07) is 5.16. The molecule has 1 atom stereocenters. The van der Waals surface area contributed by atoms with Crippen LogP contribution in [0.4, 0.5) is 0 Å². The molecule has 1 amide bonds. The second-order valence-electron chi connectivity index (χ2n) is 4.68. The number of aliphatic hydroxyl groups excluding tert-OH is 1. The molecule has 2 heterocycles. The lowest BCUT2D eigenvalue weighted by atomic mass is 10.3. The van der Waals surface area contributed by atoms with Gasteiger partial charge >= 0.3 is 0 Å². The van der Waals surface area contributed by atoms with Crippen LogP contribution in [0.2, 0.25) is 0 Å².